The van der Waals surface area contributed by atoms with Crippen LogP contribution in [0.3, 0.4) is 0 Å². The molecule has 0 aromatic rings. The first-order valence-corrected chi connectivity index (χ1v) is 6.36. The Morgan fingerprint density at radius 2 is 0.938 bits per heavy atom. The molecule has 0 rings (SSSR count). The summed E-state index contributed by atoms with van der Waals surface area (Å²) in [6, 6.07) is 0. The van der Waals surface area contributed by atoms with Crippen molar-refractivity contribution in [3.05, 3.63) is 0 Å². The fourth-order valence-electron chi connectivity index (χ4n) is 1.35. The molecule has 0 amide bonds. The van der Waals surface area contributed by atoms with E-state index in [1.165, 1.54) is 0 Å². The fraction of sp³-hybridized carbons (Fsp3) is 0.700. The van der Waals surface area contributed by atoms with Crippen molar-refractivity contribution in [3.63, 3.8) is 0 Å². The summed E-state index contributed by atoms with van der Waals surface area (Å²) in [5.41, 5.74) is 0. The second-order valence-electron chi connectivity index (χ2n) is 3.50. The summed E-state index contributed by atoms with van der Waals surface area (Å²) in [6.45, 7) is 0. The van der Waals surface area contributed by atoms with E-state index >= 15 is 0 Å². The Kier molecular flexibility index (Phi) is 8.90. The van der Waals surface area contributed by atoms with Crippen molar-refractivity contribution in [1.82, 2.24) is 0 Å². The lowest BCUT2D eigenvalue weighted by molar-refractivity contribution is -0.121. The van der Waals surface area contributed by atoms with Crippen LogP contribution in [0, 0.1) is 5.92 Å². The van der Waals surface area contributed by atoms with Crippen molar-refractivity contribution in [2.24, 2.45) is 5.92 Å². The number of alkyl halides is 3. The quantitative estimate of drug-likeness (QED) is 0.611. The molecule has 0 atom stereocenters. The summed E-state index contributed by atoms with van der Waals surface area (Å²) in [7, 11) is 0. The van der Waals surface area contributed by atoms with Crippen LogP contribution in [0.1, 0.15) is 19.3 Å². The Morgan fingerprint density at radius 3 is 1.12 bits per heavy atom. The van der Waals surface area contributed by atoms with E-state index in [4.69, 9.17) is 34.8 Å². The first-order chi connectivity index (χ1) is 7.53. The second kappa shape index (κ2) is 8.97. The Balaban J connectivity index is 4.31. The number of carbonyl (C=O) groups excluding carboxylic acids is 3. The molecular formula is C10H13Cl3O3. The van der Waals surface area contributed by atoms with Crippen LogP contribution in [0.25, 0.3) is 0 Å². The Labute approximate surface area is 109 Å². The first-order valence-electron chi connectivity index (χ1n) is 4.76. The van der Waals surface area contributed by atoms with Crippen LogP contribution in [0.4, 0.5) is 0 Å². The standard InChI is InChI=1S/C10H13Cl3O3/c11-4-8(14)1-7(2-9(15)5-12)3-10(16)6-13/h7H,1-6H2. The smallest absolute Gasteiger partial charge is 0.147 e. The topological polar surface area (TPSA) is 51.2 Å². The van der Waals surface area contributed by atoms with Crippen LogP contribution in [-0.2, 0) is 14.4 Å². The van der Waals surface area contributed by atoms with E-state index in [1.54, 1.807) is 0 Å². The minimum absolute atomic E-state index is 0.110. The van der Waals surface area contributed by atoms with E-state index in [0.29, 0.717) is 0 Å². The molecule has 0 aromatic carbocycles. The van der Waals surface area contributed by atoms with Gasteiger partial charge in [0.15, 0.2) is 0 Å². The van der Waals surface area contributed by atoms with Crippen LogP contribution >= 0.6 is 34.8 Å². The Morgan fingerprint density at radius 1 is 0.688 bits per heavy atom. The third kappa shape index (κ3) is 7.20. The highest BCUT2D eigenvalue weighted by molar-refractivity contribution is 6.29. The molecule has 0 spiro atoms. The third-order valence-electron chi connectivity index (χ3n) is 2.00. The molecular weight excluding hydrogens is 274 g/mol. The average molecular weight is 288 g/mol. The number of halogens is 3. The molecule has 0 aliphatic heterocycles. The van der Waals surface area contributed by atoms with Gasteiger partial charge in [0, 0.05) is 19.3 Å². The Bertz CT molecular complexity index is 223. The van der Waals surface area contributed by atoms with E-state index in [2.05, 4.69) is 0 Å². The van der Waals surface area contributed by atoms with Crippen molar-refractivity contribution in [2.75, 3.05) is 17.6 Å². The van der Waals surface area contributed by atoms with Gasteiger partial charge in [-0.05, 0) is 5.92 Å². The van der Waals surface area contributed by atoms with E-state index in [9.17, 15) is 14.4 Å². The molecule has 0 fully saturated rings. The maximum atomic E-state index is 11.1. The Hall–Kier alpha value is -0.120. The van der Waals surface area contributed by atoms with Gasteiger partial charge in [0.1, 0.15) is 17.3 Å². The molecule has 0 N–H and O–H groups in total. The molecule has 0 bridgehead atoms. The molecule has 16 heavy (non-hydrogen) atoms. The van der Waals surface area contributed by atoms with Gasteiger partial charge in [-0.25, -0.2) is 0 Å². The summed E-state index contributed by atoms with van der Waals surface area (Å²) in [5.74, 6) is -1.21. The lowest BCUT2D eigenvalue weighted by Gasteiger charge is -2.12. The maximum Gasteiger partial charge on any atom is 0.147 e. The maximum absolute atomic E-state index is 11.1. The van der Waals surface area contributed by atoms with E-state index in [-0.39, 0.29) is 60.2 Å². The van der Waals surface area contributed by atoms with Crippen LogP contribution in [0.5, 0.6) is 0 Å². The number of hydrogen-bond acceptors (Lipinski definition) is 3. The predicted octanol–water partition coefficient (Wildman–Crippen LogP) is 2.20. The molecule has 0 aliphatic rings. The summed E-state index contributed by atoms with van der Waals surface area (Å²) in [6.07, 6.45) is 0.359. The molecule has 6 heteroatoms. The fourth-order valence-corrected chi connectivity index (χ4v) is 1.67. The summed E-state index contributed by atoms with van der Waals surface area (Å²) < 4.78 is 0. The highest BCUT2D eigenvalue weighted by atomic mass is 35.5. The van der Waals surface area contributed by atoms with Crippen molar-refractivity contribution in [1.29, 1.82) is 0 Å². The summed E-state index contributed by atoms with van der Waals surface area (Å²) in [5, 5.41) is 0. The molecule has 0 saturated heterocycles. The predicted molar refractivity (Wildman–Crippen MR) is 64.5 cm³/mol. The largest absolute Gasteiger partial charge is 0.298 e. The lowest BCUT2D eigenvalue weighted by atomic mass is 9.92. The van der Waals surface area contributed by atoms with Gasteiger partial charge >= 0.3 is 0 Å². The van der Waals surface area contributed by atoms with Crippen LogP contribution in [-0.4, -0.2) is 35.0 Å². The lowest BCUT2D eigenvalue weighted by Crippen LogP contribution is -2.18. The van der Waals surface area contributed by atoms with Crippen molar-refractivity contribution in [2.45, 2.75) is 19.3 Å². The number of hydrogen-bond donors (Lipinski definition) is 0. The van der Waals surface area contributed by atoms with Gasteiger partial charge in [-0.1, -0.05) is 0 Å². The van der Waals surface area contributed by atoms with Crippen molar-refractivity contribution < 1.29 is 14.4 Å². The molecule has 0 radical (unpaired) electrons. The average Bonchev–Trinajstić information content (AvgIpc) is 2.28. The van der Waals surface area contributed by atoms with Crippen molar-refractivity contribution in [3.8, 4) is 0 Å². The van der Waals surface area contributed by atoms with E-state index in [1.807, 2.05) is 0 Å². The van der Waals surface area contributed by atoms with Gasteiger partial charge in [0.25, 0.3) is 0 Å². The highest BCUT2D eigenvalue weighted by Crippen LogP contribution is 2.16. The minimum Gasteiger partial charge on any atom is -0.298 e. The van der Waals surface area contributed by atoms with Gasteiger partial charge in [0.2, 0.25) is 0 Å². The summed E-state index contributed by atoms with van der Waals surface area (Å²) in [4.78, 5) is 33.4. The van der Waals surface area contributed by atoms with Gasteiger partial charge in [-0.15, -0.1) is 34.8 Å². The van der Waals surface area contributed by atoms with Crippen LogP contribution < -0.4 is 0 Å². The van der Waals surface area contributed by atoms with Gasteiger partial charge in [-0.2, -0.15) is 0 Å². The van der Waals surface area contributed by atoms with Crippen molar-refractivity contribution >= 4 is 52.2 Å². The molecule has 0 heterocycles. The number of ketones is 3. The molecule has 3 nitrogen and oxygen atoms in total. The summed E-state index contributed by atoms with van der Waals surface area (Å²) >= 11 is 16.1. The van der Waals surface area contributed by atoms with Crippen LogP contribution in [0.2, 0.25) is 0 Å². The third-order valence-corrected chi connectivity index (χ3v) is 2.89. The van der Waals surface area contributed by atoms with Crippen LogP contribution in [0.15, 0.2) is 0 Å². The minimum atomic E-state index is -0.330. The van der Waals surface area contributed by atoms with E-state index < -0.39 is 0 Å². The zero-order chi connectivity index (χ0) is 12.6. The zero-order valence-corrected chi connectivity index (χ0v) is 10.9. The molecule has 0 unspecified atom stereocenters. The monoisotopic (exact) mass is 286 g/mol. The number of rotatable bonds is 9. The molecule has 92 valence electrons. The molecule has 0 aromatic heterocycles. The molecule has 0 aliphatic carbocycles. The second-order valence-corrected chi connectivity index (χ2v) is 4.30. The van der Waals surface area contributed by atoms with Gasteiger partial charge < -0.3 is 0 Å². The van der Waals surface area contributed by atoms with Gasteiger partial charge in [0.05, 0.1) is 17.6 Å². The zero-order valence-electron chi connectivity index (χ0n) is 8.68. The highest BCUT2D eigenvalue weighted by Gasteiger charge is 2.19. The first kappa shape index (κ1) is 15.9. The number of carbonyl (C=O) groups is 3. The van der Waals surface area contributed by atoms with Gasteiger partial charge in [-0.3, -0.25) is 14.4 Å². The number of Topliss-reactive ketones (excluding diaryl/α,β-unsaturated/α-hetero) is 3. The SMILES string of the molecule is O=C(CCl)CC(CC(=O)CCl)CC(=O)CCl. The normalized spacial score (nSPS) is 10.5. The molecule has 0 saturated carbocycles. The van der Waals surface area contributed by atoms with E-state index in [0.717, 1.165) is 0 Å².